The smallest absolute Gasteiger partial charge is 0.239 e. The van der Waals surface area contributed by atoms with Crippen molar-refractivity contribution in [2.45, 2.75) is 18.9 Å². The van der Waals surface area contributed by atoms with Crippen LogP contribution in [0.25, 0.3) is 10.2 Å². The summed E-state index contributed by atoms with van der Waals surface area (Å²) in [6, 6.07) is 7.31. The number of aromatic nitrogens is 2. The Kier molecular flexibility index (Phi) is 4.23. The molecule has 0 spiro atoms. The summed E-state index contributed by atoms with van der Waals surface area (Å²) in [5.41, 5.74) is 1.85. The number of rotatable bonds is 5. The van der Waals surface area contributed by atoms with Crippen LogP contribution in [0.15, 0.2) is 29.6 Å². The molecular weight excluding hydrogens is 379 g/mol. The van der Waals surface area contributed by atoms with E-state index >= 15 is 0 Å². The van der Waals surface area contributed by atoms with Crippen LogP contribution in [0, 0.1) is 5.82 Å². The van der Waals surface area contributed by atoms with Crippen LogP contribution in [0.2, 0.25) is 0 Å². The van der Waals surface area contributed by atoms with Gasteiger partial charge in [-0.25, -0.2) is 9.37 Å². The van der Waals surface area contributed by atoms with Crippen molar-refractivity contribution in [3.05, 3.63) is 35.5 Å². The van der Waals surface area contributed by atoms with Crippen molar-refractivity contribution in [1.82, 2.24) is 15.3 Å². The number of nitrogens with one attached hydrogen (secondary N) is 3. The number of benzene rings is 1. The number of anilines is 4. The van der Waals surface area contributed by atoms with E-state index < -0.39 is 0 Å². The predicted octanol–water partition coefficient (Wildman–Crippen LogP) is 3.08. The van der Waals surface area contributed by atoms with E-state index in [-0.39, 0.29) is 18.3 Å². The Labute approximate surface area is 165 Å². The molecule has 3 N–H and O–H groups in total. The van der Waals surface area contributed by atoms with Crippen LogP contribution >= 0.6 is 11.3 Å². The Balaban J connectivity index is 1.40. The topological polar surface area (TPSA) is 82.2 Å². The molecule has 2 aromatic heterocycles. The maximum Gasteiger partial charge on any atom is 0.239 e. The SMILES string of the molecule is O=C1CN(c2ccc(Nc3nc(NC4CC4)c4sccc4n3)cc2F)CCN1. The van der Waals surface area contributed by atoms with E-state index in [9.17, 15) is 9.18 Å². The van der Waals surface area contributed by atoms with Gasteiger partial charge in [-0.05, 0) is 42.5 Å². The Morgan fingerprint density at radius 3 is 2.93 bits per heavy atom. The number of hydrogen-bond donors (Lipinski definition) is 3. The average molecular weight is 398 g/mol. The third-order valence-electron chi connectivity index (χ3n) is 4.80. The first-order valence-electron chi connectivity index (χ1n) is 9.26. The fourth-order valence-electron chi connectivity index (χ4n) is 3.25. The van der Waals surface area contributed by atoms with Crippen LogP contribution in [0.4, 0.5) is 27.5 Å². The lowest BCUT2D eigenvalue weighted by Crippen LogP contribution is -2.48. The molecule has 144 valence electrons. The van der Waals surface area contributed by atoms with E-state index in [1.54, 1.807) is 28.4 Å². The molecule has 1 saturated heterocycles. The Morgan fingerprint density at radius 2 is 2.14 bits per heavy atom. The molecule has 1 aromatic carbocycles. The summed E-state index contributed by atoms with van der Waals surface area (Å²) in [6.07, 6.45) is 2.31. The van der Waals surface area contributed by atoms with Gasteiger partial charge < -0.3 is 20.9 Å². The summed E-state index contributed by atoms with van der Waals surface area (Å²) in [5.74, 6) is 0.772. The van der Waals surface area contributed by atoms with Gasteiger partial charge in [-0.15, -0.1) is 11.3 Å². The molecule has 2 fully saturated rings. The minimum atomic E-state index is -0.382. The molecule has 3 aromatic rings. The lowest BCUT2D eigenvalue weighted by molar-refractivity contribution is -0.120. The third-order valence-corrected chi connectivity index (χ3v) is 5.71. The monoisotopic (exact) mass is 398 g/mol. The van der Waals surface area contributed by atoms with Gasteiger partial charge in [0.15, 0.2) is 0 Å². The molecule has 1 aliphatic carbocycles. The number of carbonyl (C=O) groups excluding carboxylic acids is 1. The van der Waals surface area contributed by atoms with Crippen LogP contribution in [-0.2, 0) is 4.79 Å². The van der Waals surface area contributed by atoms with Gasteiger partial charge in [0, 0.05) is 24.8 Å². The maximum absolute atomic E-state index is 14.7. The van der Waals surface area contributed by atoms with Crippen molar-refractivity contribution < 1.29 is 9.18 Å². The molecule has 9 heteroatoms. The second kappa shape index (κ2) is 6.90. The predicted molar refractivity (Wildman–Crippen MR) is 109 cm³/mol. The molecule has 2 aliphatic rings. The van der Waals surface area contributed by atoms with E-state index in [0.717, 1.165) is 28.9 Å². The summed E-state index contributed by atoms with van der Waals surface area (Å²) in [7, 11) is 0. The van der Waals surface area contributed by atoms with Crippen molar-refractivity contribution in [3.8, 4) is 0 Å². The van der Waals surface area contributed by atoms with Gasteiger partial charge in [0.25, 0.3) is 0 Å². The molecule has 1 saturated carbocycles. The van der Waals surface area contributed by atoms with Crippen LogP contribution in [0.5, 0.6) is 0 Å². The summed E-state index contributed by atoms with van der Waals surface area (Å²) < 4.78 is 15.7. The second-order valence-electron chi connectivity index (χ2n) is 7.01. The lowest BCUT2D eigenvalue weighted by atomic mass is 10.2. The summed E-state index contributed by atoms with van der Waals surface area (Å²) in [4.78, 5) is 22.4. The number of fused-ring (bicyclic) bond motifs is 1. The maximum atomic E-state index is 14.7. The second-order valence-corrected chi connectivity index (χ2v) is 7.93. The van der Waals surface area contributed by atoms with Crippen LogP contribution in [-0.4, -0.2) is 41.6 Å². The minimum Gasteiger partial charge on any atom is -0.366 e. The zero-order chi connectivity index (χ0) is 19.1. The molecule has 1 aliphatic heterocycles. The molecule has 3 heterocycles. The first-order valence-corrected chi connectivity index (χ1v) is 10.1. The molecular formula is C19H19FN6OS. The van der Waals surface area contributed by atoms with E-state index in [2.05, 4.69) is 25.9 Å². The number of carbonyl (C=O) groups is 1. The Morgan fingerprint density at radius 1 is 1.25 bits per heavy atom. The highest BCUT2D eigenvalue weighted by molar-refractivity contribution is 7.17. The van der Waals surface area contributed by atoms with Gasteiger partial charge in [-0.1, -0.05) is 0 Å². The molecule has 0 unspecified atom stereocenters. The van der Waals surface area contributed by atoms with Crippen LogP contribution < -0.4 is 20.9 Å². The number of amides is 1. The van der Waals surface area contributed by atoms with Gasteiger partial charge in [-0.3, -0.25) is 4.79 Å². The van der Waals surface area contributed by atoms with Gasteiger partial charge in [0.05, 0.1) is 22.4 Å². The minimum absolute atomic E-state index is 0.0963. The van der Waals surface area contributed by atoms with Crippen LogP contribution in [0.3, 0.4) is 0 Å². The largest absolute Gasteiger partial charge is 0.366 e. The highest BCUT2D eigenvalue weighted by Gasteiger charge is 2.23. The van der Waals surface area contributed by atoms with E-state index in [0.29, 0.717) is 36.5 Å². The van der Waals surface area contributed by atoms with Gasteiger partial charge >= 0.3 is 0 Å². The lowest BCUT2D eigenvalue weighted by Gasteiger charge is -2.29. The molecule has 0 atom stereocenters. The normalized spacial score (nSPS) is 16.9. The number of halogens is 1. The molecule has 1 amide bonds. The number of piperazine rings is 1. The van der Waals surface area contributed by atoms with Gasteiger partial charge in [0.2, 0.25) is 11.9 Å². The summed E-state index contributed by atoms with van der Waals surface area (Å²) >= 11 is 1.61. The molecule has 28 heavy (non-hydrogen) atoms. The highest BCUT2D eigenvalue weighted by atomic mass is 32.1. The molecule has 5 rings (SSSR count). The van der Waals surface area contributed by atoms with Crippen LogP contribution in [0.1, 0.15) is 12.8 Å². The molecule has 0 radical (unpaired) electrons. The number of nitrogens with zero attached hydrogens (tertiary/aromatic N) is 3. The fraction of sp³-hybridized carbons (Fsp3) is 0.316. The van der Waals surface area contributed by atoms with Crippen molar-refractivity contribution in [2.75, 3.05) is 35.2 Å². The average Bonchev–Trinajstić information content (AvgIpc) is 3.35. The zero-order valence-electron chi connectivity index (χ0n) is 15.0. The third kappa shape index (κ3) is 3.45. The van der Waals surface area contributed by atoms with E-state index in [4.69, 9.17) is 0 Å². The van der Waals surface area contributed by atoms with Crippen molar-refractivity contribution in [1.29, 1.82) is 0 Å². The Bertz CT molecular complexity index is 1050. The van der Waals surface area contributed by atoms with Crippen molar-refractivity contribution in [3.63, 3.8) is 0 Å². The highest BCUT2D eigenvalue weighted by Crippen LogP contribution is 2.32. The number of thiophene rings is 1. The zero-order valence-corrected chi connectivity index (χ0v) is 15.9. The summed E-state index contributed by atoms with van der Waals surface area (Å²) in [6.45, 7) is 1.27. The molecule has 7 nitrogen and oxygen atoms in total. The van der Waals surface area contributed by atoms with Crippen molar-refractivity contribution >= 4 is 50.6 Å². The quantitative estimate of drug-likeness (QED) is 0.613. The fourth-order valence-corrected chi connectivity index (χ4v) is 4.04. The van der Waals surface area contributed by atoms with E-state index in [1.165, 1.54) is 6.07 Å². The number of hydrogen-bond acceptors (Lipinski definition) is 7. The molecule has 0 bridgehead atoms. The van der Waals surface area contributed by atoms with Crippen molar-refractivity contribution in [2.24, 2.45) is 0 Å². The summed E-state index contributed by atoms with van der Waals surface area (Å²) in [5, 5.41) is 11.3. The standard InChI is InChI=1S/C19H19FN6OS/c20-13-9-12(3-4-15(13)26-7-6-21-16(27)10-26)23-19-24-14-5-8-28-17(14)18(25-19)22-11-1-2-11/h3-5,8-9,11H,1-2,6-7,10H2,(H,21,27)(H2,22,23,24,25). The Hall–Kier alpha value is -2.94. The van der Waals surface area contributed by atoms with Gasteiger partial charge in [-0.2, -0.15) is 4.98 Å². The first kappa shape index (κ1) is 17.2. The first-order chi connectivity index (χ1) is 13.7. The van der Waals surface area contributed by atoms with E-state index in [1.807, 2.05) is 11.4 Å². The van der Waals surface area contributed by atoms with Gasteiger partial charge in [0.1, 0.15) is 11.6 Å².